The topological polar surface area (TPSA) is 0 Å². The van der Waals surface area contributed by atoms with E-state index in [0.29, 0.717) is 0 Å². The maximum absolute atomic E-state index is 4.71. The first-order valence-corrected chi connectivity index (χ1v) is 29.3. The van der Waals surface area contributed by atoms with Gasteiger partial charge in [0.2, 0.25) is 0 Å². The van der Waals surface area contributed by atoms with Crippen LogP contribution in [0.25, 0.3) is 49.4 Å². The molecule has 0 bridgehead atoms. The van der Waals surface area contributed by atoms with Gasteiger partial charge in [0.1, 0.15) is 0 Å². The molecule has 0 spiro atoms. The standard InChI is InChI=1S/C24H17.C13H9.2C6H5.H2Si.Zr/c1-16-13-14-17-8-6-12-22(24(16)17)23-15-18-7-2-3-9-19(18)20-10-4-5-11-21(20)23;1-3-7-12-10(5-1)9-11-6-2-4-8-13(11)12;2*1-2-4-6-5-3-1;;/h2-15H,1H3;1-9H;2*1-5H;1H2;. The maximum atomic E-state index is 2.71. The van der Waals surface area contributed by atoms with Gasteiger partial charge >= 0.3 is 305 Å². The number of allylic oxidation sites excluding steroid dienone is 2. The van der Waals surface area contributed by atoms with E-state index in [9.17, 15) is 0 Å². The normalized spacial score (nSPS) is 15.4. The second-order valence-corrected chi connectivity index (χ2v) is 37.6. The molecule has 0 heterocycles. The number of hydrogen-bond donors (Lipinski definition) is 0. The Hall–Kier alpha value is -4.88. The summed E-state index contributed by atoms with van der Waals surface area (Å²) in [6.45, 7) is 4.82. The Morgan fingerprint density at radius 1 is 0.431 bits per heavy atom. The Morgan fingerprint density at radius 2 is 0.922 bits per heavy atom. The third-order valence-corrected chi connectivity index (χ3v) is 40.0. The predicted octanol–water partition coefficient (Wildman–Crippen LogP) is 10.8. The number of rotatable bonds is 5. The summed E-state index contributed by atoms with van der Waals surface area (Å²) in [5.74, 6) is 0. The van der Waals surface area contributed by atoms with Crippen molar-refractivity contribution in [2.75, 3.05) is 0 Å². The molecule has 0 N–H and O–H groups in total. The zero-order valence-corrected chi connectivity index (χ0v) is 32.6. The van der Waals surface area contributed by atoms with Crippen LogP contribution in [0.3, 0.4) is 0 Å². The summed E-state index contributed by atoms with van der Waals surface area (Å²) in [5, 5.41) is 5.22. The van der Waals surface area contributed by atoms with E-state index in [-0.39, 0.29) is 7.25 Å². The predicted molar refractivity (Wildman–Crippen MR) is 218 cm³/mol. The van der Waals surface area contributed by atoms with Gasteiger partial charge in [0.05, 0.1) is 0 Å². The SMILES string of the molecule is CC1=C[CH]([Zr](=[SiH2])([c]2ccccc2)([c]2ccccc2)[CH]2c3ccccc3-c3ccccc32)c2cccc(-c3cc4ccccc4c4ccccc34)c21. The van der Waals surface area contributed by atoms with E-state index in [1.54, 1.807) is 6.54 Å². The van der Waals surface area contributed by atoms with Gasteiger partial charge in [-0.25, -0.2) is 0 Å². The van der Waals surface area contributed by atoms with Gasteiger partial charge < -0.3 is 0 Å². The minimum atomic E-state index is -4.71. The Bertz CT molecular complexity index is 2690. The van der Waals surface area contributed by atoms with Crippen LogP contribution >= 0.6 is 0 Å². The van der Waals surface area contributed by atoms with Crippen molar-refractivity contribution in [2.24, 2.45) is 0 Å². The molecule has 0 radical (unpaired) electrons. The molecule has 2 heteroatoms. The quantitative estimate of drug-likeness (QED) is 0.122. The molecule has 2 aliphatic carbocycles. The molecule has 1 atom stereocenters. The molecule has 0 amide bonds. The van der Waals surface area contributed by atoms with Crippen molar-refractivity contribution in [1.29, 1.82) is 0 Å². The van der Waals surface area contributed by atoms with Gasteiger partial charge in [-0.2, -0.15) is 0 Å². The minimum absolute atomic E-state index is 0.250. The summed E-state index contributed by atoms with van der Waals surface area (Å²) in [6.07, 6.45) is 2.71. The van der Waals surface area contributed by atoms with Crippen LogP contribution in [0.5, 0.6) is 0 Å². The van der Waals surface area contributed by atoms with Crippen LogP contribution in [0, 0.1) is 0 Å². The molecular weight excluding hydrogens is 708 g/mol. The van der Waals surface area contributed by atoms with Gasteiger partial charge in [-0.3, -0.25) is 0 Å². The van der Waals surface area contributed by atoms with E-state index in [4.69, 9.17) is 0 Å². The molecule has 0 aliphatic heterocycles. The van der Waals surface area contributed by atoms with Gasteiger partial charge in [-0.05, 0) is 0 Å². The summed E-state index contributed by atoms with van der Waals surface area (Å²) in [7, 11) is 0. The van der Waals surface area contributed by atoms with Crippen LogP contribution in [-0.4, -0.2) is 6.88 Å². The summed E-state index contributed by atoms with van der Waals surface area (Å²) in [6, 6.07) is 69.5. The van der Waals surface area contributed by atoms with E-state index in [1.807, 2.05) is 0 Å². The number of hydrogen-bond acceptors (Lipinski definition) is 0. The Balaban J connectivity index is 1.34. The fourth-order valence-electron chi connectivity index (χ4n) is 10.3. The second-order valence-electron chi connectivity index (χ2n) is 14.8. The van der Waals surface area contributed by atoms with Crippen LogP contribution in [0.15, 0.2) is 188 Å². The van der Waals surface area contributed by atoms with Crippen LogP contribution in [0.1, 0.15) is 36.4 Å². The molecule has 51 heavy (non-hydrogen) atoms. The van der Waals surface area contributed by atoms with Gasteiger partial charge in [0.25, 0.3) is 0 Å². The molecule has 0 saturated carbocycles. The third kappa shape index (κ3) is 4.21. The molecule has 0 aromatic heterocycles. The van der Waals surface area contributed by atoms with Gasteiger partial charge in [0.15, 0.2) is 0 Å². The monoisotopic (exact) mass is 744 g/mol. The van der Waals surface area contributed by atoms with Crippen molar-refractivity contribution in [3.05, 3.63) is 210 Å². The molecule has 0 saturated heterocycles. The van der Waals surface area contributed by atoms with Crippen molar-refractivity contribution >= 4 is 40.5 Å². The number of benzene rings is 8. The van der Waals surface area contributed by atoms with E-state index < -0.39 is 17.4 Å². The third-order valence-electron chi connectivity index (χ3n) is 12.4. The van der Waals surface area contributed by atoms with E-state index in [1.165, 1.54) is 71.6 Å². The zero-order chi connectivity index (χ0) is 34.2. The average Bonchev–Trinajstić information content (AvgIpc) is 3.74. The van der Waals surface area contributed by atoms with Crippen LogP contribution in [0.4, 0.5) is 0 Å². The van der Waals surface area contributed by atoms with Crippen molar-refractivity contribution in [3.63, 3.8) is 0 Å². The molecular formula is C49H38SiZr. The molecule has 242 valence electrons. The van der Waals surface area contributed by atoms with E-state index in [2.05, 4.69) is 202 Å². The van der Waals surface area contributed by atoms with Crippen LogP contribution in [-0.2, 0) is 17.4 Å². The molecule has 0 nitrogen and oxygen atoms in total. The molecule has 10 rings (SSSR count). The summed E-state index contributed by atoms with van der Waals surface area (Å²) < 4.78 is 3.61. The Labute approximate surface area is 302 Å². The summed E-state index contributed by atoms with van der Waals surface area (Å²) >= 11 is -4.71. The van der Waals surface area contributed by atoms with Crippen molar-refractivity contribution in [1.82, 2.24) is 0 Å². The number of fused-ring (bicyclic) bond motifs is 7. The first kappa shape index (κ1) is 30.9. The van der Waals surface area contributed by atoms with E-state index >= 15 is 0 Å². The van der Waals surface area contributed by atoms with Crippen LogP contribution < -0.4 is 6.54 Å². The van der Waals surface area contributed by atoms with Crippen LogP contribution in [0.2, 0.25) is 0 Å². The Kier molecular flexibility index (Phi) is 7.01. The fraction of sp³-hybridized carbons (Fsp3) is 0.0612. The van der Waals surface area contributed by atoms with E-state index in [0.717, 1.165) is 0 Å². The van der Waals surface area contributed by atoms with Gasteiger partial charge in [-0.15, -0.1) is 0 Å². The summed E-state index contributed by atoms with van der Waals surface area (Å²) in [4.78, 5) is 0. The fourth-order valence-corrected chi connectivity index (χ4v) is 36.2. The van der Waals surface area contributed by atoms with Crippen molar-refractivity contribution < 1.29 is 17.4 Å². The Morgan fingerprint density at radius 3 is 1.57 bits per heavy atom. The first-order valence-electron chi connectivity index (χ1n) is 18.1. The van der Waals surface area contributed by atoms with Gasteiger partial charge in [0, 0.05) is 0 Å². The van der Waals surface area contributed by atoms with Gasteiger partial charge in [-0.1, -0.05) is 0 Å². The molecule has 1 unspecified atom stereocenters. The summed E-state index contributed by atoms with van der Waals surface area (Å²) in [5.41, 5.74) is 12.7. The molecule has 0 fully saturated rings. The van der Waals surface area contributed by atoms with Crippen molar-refractivity contribution in [3.8, 4) is 22.3 Å². The first-order chi connectivity index (χ1) is 25.1. The molecule has 8 aromatic carbocycles. The molecule has 2 aliphatic rings. The second kappa shape index (κ2) is 11.6. The molecule has 8 aromatic rings. The zero-order valence-electron chi connectivity index (χ0n) is 28.8. The average molecular weight is 746 g/mol. The van der Waals surface area contributed by atoms with Crippen molar-refractivity contribution in [2.45, 2.75) is 14.2 Å².